The molecule has 21 heavy (non-hydrogen) atoms. The normalized spacial score (nSPS) is 10.6. The molecule has 2 aromatic rings. The summed E-state index contributed by atoms with van der Waals surface area (Å²) >= 11 is 0. The van der Waals surface area contributed by atoms with Crippen molar-refractivity contribution in [3.8, 4) is 11.8 Å². The van der Waals surface area contributed by atoms with Gasteiger partial charge in [0.2, 0.25) is 0 Å². The number of aromatic nitrogens is 1. The van der Waals surface area contributed by atoms with Crippen molar-refractivity contribution in [2.45, 2.75) is 4.90 Å². The molecule has 1 heterocycles. The van der Waals surface area contributed by atoms with E-state index in [-0.39, 0.29) is 17.0 Å². The van der Waals surface area contributed by atoms with Crippen LogP contribution < -0.4 is 10.5 Å². The van der Waals surface area contributed by atoms with Gasteiger partial charge < -0.3 is 5.73 Å². The molecule has 3 N–H and O–H groups in total. The molecule has 0 saturated carbocycles. The molecule has 0 atom stereocenters. The minimum atomic E-state index is -3.86. The molecule has 0 radical (unpaired) electrons. The number of halogens is 1. The lowest BCUT2D eigenvalue weighted by Gasteiger charge is -2.08. The summed E-state index contributed by atoms with van der Waals surface area (Å²) in [5.41, 5.74) is 5.65. The molecule has 2 rings (SSSR count). The molecule has 5 nitrogen and oxygen atoms in total. The Morgan fingerprint density at radius 3 is 2.57 bits per heavy atom. The maximum absolute atomic E-state index is 13.8. The largest absolute Gasteiger partial charge is 0.320 e. The zero-order valence-corrected chi connectivity index (χ0v) is 11.7. The minimum absolute atomic E-state index is 0.100. The molecule has 0 aliphatic heterocycles. The fourth-order valence-electron chi connectivity index (χ4n) is 1.54. The monoisotopic (exact) mass is 305 g/mol. The quantitative estimate of drug-likeness (QED) is 0.838. The van der Waals surface area contributed by atoms with Gasteiger partial charge in [-0.2, -0.15) is 0 Å². The van der Waals surface area contributed by atoms with E-state index in [1.165, 1.54) is 36.7 Å². The summed E-state index contributed by atoms with van der Waals surface area (Å²) in [6.45, 7) is 0.100. The number of pyridine rings is 1. The van der Waals surface area contributed by atoms with Crippen LogP contribution in [0.4, 0.5) is 10.1 Å². The fourth-order valence-corrected chi connectivity index (χ4v) is 2.61. The molecular formula is C14H12FN3O2S. The zero-order valence-electron chi connectivity index (χ0n) is 10.9. The molecule has 0 bridgehead atoms. The van der Waals surface area contributed by atoms with Crippen LogP contribution in [0.2, 0.25) is 0 Å². The topological polar surface area (TPSA) is 85.1 Å². The van der Waals surface area contributed by atoms with Crippen molar-refractivity contribution in [1.29, 1.82) is 0 Å². The molecule has 0 spiro atoms. The number of benzene rings is 1. The highest BCUT2D eigenvalue weighted by Gasteiger charge is 2.16. The highest BCUT2D eigenvalue weighted by Crippen LogP contribution is 2.18. The number of nitrogens with one attached hydrogen (secondary N) is 1. The van der Waals surface area contributed by atoms with E-state index in [9.17, 15) is 12.8 Å². The standard InChI is InChI=1S/C14H12FN3O2S/c15-14-10-13(4-3-11(14)2-1-7-16)21(19,20)18-12-5-8-17-9-6-12/h3-6,8-10H,7,16H2,(H,17,18). The third-order valence-corrected chi connectivity index (χ3v) is 3.89. The smallest absolute Gasteiger partial charge is 0.261 e. The lowest BCUT2D eigenvalue weighted by atomic mass is 10.2. The van der Waals surface area contributed by atoms with E-state index in [1.54, 1.807) is 0 Å². The summed E-state index contributed by atoms with van der Waals surface area (Å²) in [5.74, 6) is 4.32. The van der Waals surface area contributed by atoms with Crippen LogP contribution in [-0.4, -0.2) is 19.9 Å². The molecule has 0 aliphatic carbocycles. The number of hydrogen-bond acceptors (Lipinski definition) is 4. The van der Waals surface area contributed by atoms with Gasteiger partial charge in [-0.25, -0.2) is 12.8 Å². The van der Waals surface area contributed by atoms with Gasteiger partial charge in [-0.1, -0.05) is 11.8 Å². The van der Waals surface area contributed by atoms with Crippen molar-refractivity contribution in [1.82, 2.24) is 4.98 Å². The Balaban J connectivity index is 2.31. The first-order chi connectivity index (χ1) is 10.0. The first-order valence-electron chi connectivity index (χ1n) is 5.94. The average Bonchev–Trinajstić information content (AvgIpc) is 2.46. The van der Waals surface area contributed by atoms with Gasteiger partial charge in [0.1, 0.15) is 5.82 Å². The second-order valence-electron chi connectivity index (χ2n) is 3.99. The van der Waals surface area contributed by atoms with E-state index in [1.807, 2.05) is 0 Å². The van der Waals surface area contributed by atoms with Gasteiger partial charge in [-0.15, -0.1) is 0 Å². The Kier molecular flexibility index (Phi) is 4.52. The van der Waals surface area contributed by atoms with Gasteiger partial charge >= 0.3 is 0 Å². The summed E-state index contributed by atoms with van der Waals surface area (Å²) < 4.78 is 40.4. The zero-order chi connectivity index (χ0) is 15.3. The van der Waals surface area contributed by atoms with E-state index in [2.05, 4.69) is 21.5 Å². The average molecular weight is 305 g/mol. The molecule has 1 aromatic heterocycles. The predicted molar refractivity (Wildman–Crippen MR) is 77.4 cm³/mol. The minimum Gasteiger partial charge on any atom is -0.320 e. The second-order valence-corrected chi connectivity index (χ2v) is 5.67. The van der Waals surface area contributed by atoms with Gasteiger partial charge in [0, 0.05) is 12.4 Å². The Morgan fingerprint density at radius 1 is 1.24 bits per heavy atom. The van der Waals surface area contributed by atoms with E-state index in [0.717, 1.165) is 6.07 Å². The Bertz CT molecular complexity index is 796. The summed E-state index contributed by atoms with van der Waals surface area (Å²) in [5, 5.41) is 0. The molecule has 108 valence electrons. The first kappa shape index (κ1) is 15.0. The number of hydrogen-bond donors (Lipinski definition) is 2. The van der Waals surface area contributed by atoms with Crippen LogP contribution in [0.5, 0.6) is 0 Å². The number of rotatable bonds is 3. The molecule has 7 heteroatoms. The number of anilines is 1. The Labute approximate surface area is 122 Å². The van der Waals surface area contributed by atoms with Crippen LogP contribution in [0.1, 0.15) is 5.56 Å². The van der Waals surface area contributed by atoms with Gasteiger partial charge in [0.15, 0.2) is 0 Å². The second kappa shape index (κ2) is 6.35. The maximum atomic E-state index is 13.8. The van der Waals surface area contributed by atoms with Crippen molar-refractivity contribution < 1.29 is 12.8 Å². The van der Waals surface area contributed by atoms with Gasteiger partial charge in [-0.05, 0) is 30.3 Å². The highest BCUT2D eigenvalue weighted by molar-refractivity contribution is 7.92. The van der Waals surface area contributed by atoms with Crippen molar-refractivity contribution in [2.24, 2.45) is 5.73 Å². The van der Waals surface area contributed by atoms with E-state index in [0.29, 0.717) is 5.69 Å². The van der Waals surface area contributed by atoms with Crippen molar-refractivity contribution in [3.63, 3.8) is 0 Å². The van der Waals surface area contributed by atoms with Crippen LogP contribution >= 0.6 is 0 Å². The molecule has 0 amide bonds. The van der Waals surface area contributed by atoms with E-state index in [4.69, 9.17) is 5.73 Å². The van der Waals surface area contributed by atoms with Gasteiger partial charge in [-0.3, -0.25) is 9.71 Å². The van der Waals surface area contributed by atoms with E-state index < -0.39 is 15.8 Å². The predicted octanol–water partition coefficient (Wildman–Crippen LogP) is 1.33. The van der Waals surface area contributed by atoms with Crippen molar-refractivity contribution in [3.05, 3.63) is 54.1 Å². The summed E-state index contributed by atoms with van der Waals surface area (Å²) in [7, 11) is -3.86. The number of nitrogens with two attached hydrogens (primary N) is 1. The molecule has 0 saturated heterocycles. The van der Waals surface area contributed by atoms with Crippen LogP contribution in [0.25, 0.3) is 0 Å². The lowest BCUT2D eigenvalue weighted by molar-refractivity contribution is 0.594. The number of nitrogens with zero attached hydrogens (tertiary/aromatic N) is 1. The molecule has 0 unspecified atom stereocenters. The lowest BCUT2D eigenvalue weighted by Crippen LogP contribution is -2.13. The van der Waals surface area contributed by atoms with Crippen LogP contribution in [-0.2, 0) is 10.0 Å². The molecule has 0 aliphatic rings. The van der Waals surface area contributed by atoms with Crippen molar-refractivity contribution in [2.75, 3.05) is 11.3 Å². The third kappa shape index (κ3) is 3.78. The maximum Gasteiger partial charge on any atom is 0.261 e. The fraction of sp³-hybridized carbons (Fsp3) is 0.0714. The van der Waals surface area contributed by atoms with E-state index >= 15 is 0 Å². The van der Waals surface area contributed by atoms with Crippen LogP contribution in [0.15, 0.2) is 47.6 Å². The van der Waals surface area contributed by atoms with Gasteiger partial charge in [0.25, 0.3) is 10.0 Å². The van der Waals surface area contributed by atoms with Crippen molar-refractivity contribution >= 4 is 15.7 Å². The van der Waals surface area contributed by atoms with Crippen LogP contribution in [0, 0.1) is 17.7 Å². The van der Waals surface area contributed by atoms with Gasteiger partial charge in [0.05, 0.1) is 22.7 Å². The third-order valence-electron chi connectivity index (χ3n) is 2.51. The SMILES string of the molecule is NCC#Cc1ccc(S(=O)(=O)Nc2ccncc2)cc1F. The Hall–Kier alpha value is -2.43. The number of sulfonamides is 1. The first-order valence-corrected chi connectivity index (χ1v) is 7.42. The highest BCUT2D eigenvalue weighted by atomic mass is 32.2. The molecular weight excluding hydrogens is 293 g/mol. The summed E-state index contributed by atoms with van der Waals surface area (Å²) in [4.78, 5) is 3.60. The summed E-state index contributed by atoms with van der Waals surface area (Å²) in [6, 6.07) is 6.50. The molecule has 0 fully saturated rings. The summed E-state index contributed by atoms with van der Waals surface area (Å²) in [6.07, 6.45) is 2.90. The Morgan fingerprint density at radius 2 is 1.95 bits per heavy atom. The molecule has 1 aromatic carbocycles. The van der Waals surface area contributed by atoms with Crippen LogP contribution in [0.3, 0.4) is 0 Å².